The molecule has 0 bridgehead atoms. The molecule has 5 heteroatoms. The smallest absolute Gasteiger partial charge is 0.222 e. The molecule has 0 aromatic heterocycles. The van der Waals surface area contributed by atoms with Gasteiger partial charge in [-0.25, -0.2) is 5.01 Å². The summed E-state index contributed by atoms with van der Waals surface area (Å²) in [7, 11) is 0. The first-order valence-corrected chi connectivity index (χ1v) is 7.28. The van der Waals surface area contributed by atoms with Crippen molar-refractivity contribution >= 4 is 5.91 Å². The zero-order valence-corrected chi connectivity index (χ0v) is 12.1. The van der Waals surface area contributed by atoms with E-state index in [1.165, 1.54) is 5.01 Å². The molecule has 2 atom stereocenters. The van der Waals surface area contributed by atoms with E-state index in [9.17, 15) is 9.70 Å². The van der Waals surface area contributed by atoms with E-state index in [2.05, 4.69) is 10.6 Å². The Morgan fingerprint density at radius 2 is 1.45 bits per heavy atom. The molecule has 1 aliphatic heterocycles. The van der Waals surface area contributed by atoms with Crippen molar-refractivity contribution in [1.29, 1.82) is 0 Å². The maximum Gasteiger partial charge on any atom is 0.222 e. The molecule has 1 aliphatic rings. The molecule has 0 unspecified atom stereocenters. The molecular formula is C17H17N3O2. The summed E-state index contributed by atoms with van der Waals surface area (Å²) in [6.45, 7) is 0.373. The van der Waals surface area contributed by atoms with E-state index in [4.69, 9.17) is 0 Å². The van der Waals surface area contributed by atoms with Gasteiger partial charge in [-0.2, -0.15) is 0 Å². The fourth-order valence-electron chi connectivity index (χ4n) is 2.87. The van der Waals surface area contributed by atoms with Crippen LogP contribution in [0.5, 0.6) is 0 Å². The Balaban J connectivity index is 2.00. The van der Waals surface area contributed by atoms with E-state index in [1.54, 1.807) is 0 Å². The summed E-state index contributed by atoms with van der Waals surface area (Å²) in [6, 6.07) is 18.6. The van der Waals surface area contributed by atoms with E-state index in [-0.39, 0.29) is 24.4 Å². The minimum atomic E-state index is -0.355. The first-order chi connectivity index (χ1) is 10.8. The molecule has 5 nitrogen and oxygen atoms in total. The van der Waals surface area contributed by atoms with Crippen LogP contribution in [-0.4, -0.2) is 17.5 Å². The Hall–Kier alpha value is -2.69. The van der Waals surface area contributed by atoms with Crippen LogP contribution in [0.4, 0.5) is 0 Å². The minimum absolute atomic E-state index is 0.0686. The Bertz CT molecular complexity index is 645. The molecule has 22 heavy (non-hydrogen) atoms. The normalized spacial score (nSPS) is 21.8. The molecule has 1 fully saturated rings. The van der Waals surface area contributed by atoms with Crippen molar-refractivity contribution in [3.8, 4) is 0 Å². The maximum atomic E-state index is 12.0. The number of benzene rings is 2. The molecule has 0 spiro atoms. The fraction of sp³-hybridized carbons (Fsp3) is 0.235. The first kappa shape index (κ1) is 14.3. The molecular weight excluding hydrogens is 278 g/mol. The second-order valence-electron chi connectivity index (χ2n) is 5.32. The number of nitrogens with zero attached hydrogens (tertiary/aromatic N) is 2. The maximum absolute atomic E-state index is 12.0. The average Bonchev–Trinajstić information content (AvgIpc) is 2.75. The number of nitroso groups, excluding NO2 is 1. The lowest BCUT2D eigenvalue weighted by atomic mass is 10.0. The van der Waals surface area contributed by atoms with Gasteiger partial charge in [-0.15, -0.1) is 4.91 Å². The number of nitrogens with one attached hydrogen (secondary N) is 1. The number of carbonyl (C=O) groups is 1. The van der Waals surface area contributed by atoms with Gasteiger partial charge in [0.2, 0.25) is 5.91 Å². The lowest BCUT2D eigenvalue weighted by molar-refractivity contribution is -0.121. The van der Waals surface area contributed by atoms with Crippen molar-refractivity contribution < 1.29 is 4.79 Å². The van der Waals surface area contributed by atoms with Crippen LogP contribution in [0.15, 0.2) is 65.9 Å². The van der Waals surface area contributed by atoms with Gasteiger partial charge in [0.25, 0.3) is 0 Å². The van der Waals surface area contributed by atoms with Crippen LogP contribution < -0.4 is 5.32 Å². The number of carbonyl (C=O) groups excluding carboxylic acids is 1. The zero-order valence-electron chi connectivity index (χ0n) is 12.1. The monoisotopic (exact) mass is 295 g/mol. The van der Waals surface area contributed by atoms with E-state index in [1.807, 2.05) is 60.7 Å². The highest BCUT2D eigenvalue weighted by Gasteiger charge is 2.33. The summed E-state index contributed by atoms with van der Waals surface area (Å²) in [6.07, 6.45) is 0.221. The lowest BCUT2D eigenvalue weighted by Crippen LogP contribution is -2.30. The third-order valence-corrected chi connectivity index (χ3v) is 3.97. The van der Waals surface area contributed by atoms with Gasteiger partial charge in [0.15, 0.2) is 0 Å². The molecule has 1 N–H and O–H groups in total. The van der Waals surface area contributed by atoms with Crippen LogP contribution in [-0.2, 0) is 4.79 Å². The van der Waals surface area contributed by atoms with Crippen LogP contribution in [0, 0.1) is 4.91 Å². The Kier molecular flexibility index (Phi) is 4.14. The Labute approximate surface area is 128 Å². The molecule has 1 amide bonds. The van der Waals surface area contributed by atoms with E-state index in [0.717, 1.165) is 11.1 Å². The van der Waals surface area contributed by atoms with Crippen LogP contribution in [0.3, 0.4) is 0 Å². The van der Waals surface area contributed by atoms with E-state index >= 15 is 0 Å². The third kappa shape index (κ3) is 2.83. The Morgan fingerprint density at radius 1 is 0.909 bits per heavy atom. The molecule has 112 valence electrons. The summed E-state index contributed by atoms with van der Waals surface area (Å²) in [5, 5.41) is 7.63. The van der Waals surface area contributed by atoms with E-state index < -0.39 is 0 Å². The van der Waals surface area contributed by atoms with Crippen molar-refractivity contribution in [1.82, 2.24) is 10.3 Å². The quantitative estimate of drug-likeness (QED) is 0.885. The van der Waals surface area contributed by atoms with Crippen LogP contribution >= 0.6 is 0 Å². The summed E-state index contributed by atoms with van der Waals surface area (Å²) >= 11 is 0. The van der Waals surface area contributed by atoms with Crippen molar-refractivity contribution in [2.24, 2.45) is 5.29 Å². The number of hydrogen-bond acceptors (Lipinski definition) is 3. The zero-order chi connectivity index (χ0) is 15.4. The number of rotatable bonds is 3. The van der Waals surface area contributed by atoms with Gasteiger partial charge in [-0.1, -0.05) is 60.7 Å². The largest absolute Gasteiger partial charge is 0.354 e. The molecule has 0 aliphatic carbocycles. The average molecular weight is 295 g/mol. The fourth-order valence-corrected chi connectivity index (χ4v) is 2.87. The molecule has 2 aromatic rings. The Morgan fingerprint density at radius 3 is 2.00 bits per heavy atom. The molecule has 2 aromatic carbocycles. The van der Waals surface area contributed by atoms with Gasteiger partial charge >= 0.3 is 0 Å². The molecule has 1 heterocycles. The topological polar surface area (TPSA) is 61.8 Å². The first-order valence-electron chi connectivity index (χ1n) is 7.28. The van der Waals surface area contributed by atoms with Crippen LogP contribution in [0.25, 0.3) is 0 Å². The van der Waals surface area contributed by atoms with Crippen LogP contribution in [0.1, 0.15) is 29.6 Å². The van der Waals surface area contributed by atoms with Gasteiger partial charge in [0.1, 0.15) is 0 Å². The second-order valence-corrected chi connectivity index (χ2v) is 5.32. The number of amides is 1. The summed E-state index contributed by atoms with van der Waals surface area (Å²) in [4.78, 5) is 23.5. The SMILES string of the molecule is O=NN1[C@@H](c2ccccc2)CNC(=O)C[C@@H]1c1ccccc1. The highest BCUT2D eigenvalue weighted by atomic mass is 16.3. The second kappa shape index (κ2) is 6.39. The van der Waals surface area contributed by atoms with Crippen LogP contribution in [0.2, 0.25) is 0 Å². The summed E-state index contributed by atoms with van der Waals surface area (Å²) in [5.74, 6) is -0.0686. The highest BCUT2D eigenvalue weighted by molar-refractivity contribution is 5.77. The van der Waals surface area contributed by atoms with Gasteiger partial charge in [-0.05, 0) is 11.1 Å². The predicted molar refractivity (Wildman–Crippen MR) is 83.6 cm³/mol. The molecule has 0 radical (unpaired) electrons. The third-order valence-electron chi connectivity index (χ3n) is 3.97. The van der Waals surface area contributed by atoms with Crippen molar-refractivity contribution in [3.63, 3.8) is 0 Å². The number of hydrogen-bond donors (Lipinski definition) is 1. The van der Waals surface area contributed by atoms with Crippen molar-refractivity contribution in [3.05, 3.63) is 76.7 Å². The van der Waals surface area contributed by atoms with Crippen molar-refractivity contribution in [2.75, 3.05) is 6.54 Å². The predicted octanol–water partition coefficient (Wildman–Crippen LogP) is 2.97. The standard InChI is InChI=1S/C17H17N3O2/c21-17-11-15(13-7-3-1-4-8-13)20(19-22)16(12-18-17)14-9-5-2-6-10-14/h1-10,15-16H,11-12H2,(H,18,21)/t15-,16-/m1/s1. The summed E-state index contributed by atoms with van der Waals surface area (Å²) < 4.78 is 0. The van der Waals surface area contributed by atoms with Gasteiger partial charge < -0.3 is 5.32 Å². The molecule has 3 rings (SSSR count). The lowest BCUT2D eigenvalue weighted by Gasteiger charge is -2.30. The highest BCUT2D eigenvalue weighted by Crippen LogP contribution is 2.34. The summed E-state index contributed by atoms with van der Waals surface area (Å²) in [5.41, 5.74) is 1.88. The molecule has 0 saturated carbocycles. The molecule has 1 saturated heterocycles. The minimum Gasteiger partial charge on any atom is -0.354 e. The van der Waals surface area contributed by atoms with Gasteiger partial charge in [0.05, 0.1) is 23.8 Å². The van der Waals surface area contributed by atoms with E-state index in [0.29, 0.717) is 6.54 Å². The van der Waals surface area contributed by atoms with Gasteiger partial charge in [-0.3, -0.25) is 4.79 Å². The van der Waals surface area contributed by atoms with Gasteiger partial charge in [0, 0.05) is 6.54 Å². The van der Waals surface area contributed by atoms with Crippen molar-refractivity contribution in [2.45, 2.75) is 18.5 Å².